The summed E-state index contributed by atoms with van der Waals surface area (Å²) in [5, 5.41) is 31.2. The fourth-order valence-corrected chi connectivity index (χ4v) is 10.3. The van der Waals surface area contributed by atoms with Crippen LogP contribution in [0.1, 0.15) is 16.7 Å². The summed E-state index contributed by atoms with van der Waals surface area (Å²) in [7, 11) is 2.20. The van der Waals surface area contributed by atoms with Crippen LogP contribution in [0, 0.1) is 0 Å². The molecule has 379 valence electrons. The molecule has 0 bridgehead atoms. The van der Waals surface area contributed by atoms with Crippen LogP contribution in [-0.4, -0.2) is 89.9 Å². The summed E-state index contributed by atoms with van der Waals surface area (Å²) in [6, 6.07) is 37.9. The third-order valence-electron chi connectivity index (χ3n) is 12.3. The van der Waals surface area contributed by atoms with Crippen LogP contribution in [-0.2, 0) is 34.0 Å². The van der Waals surface area contributed by atoms with Crippen molar-refractivity contribution in [1.82, 2.24) is 24.9 Å². The Hall–Kier alpha value is -7.20. The van der Waals surface area contributed by atoms with E-state index in [0.717, 1.165) is 93.8 Å². The van der Waals surface area contributed by atoms with E-state index in [2.05, 4.69) is 102 Å². The quantitative estimate of drug-likeness (QED) is 0.0423. The topological polar surface area (TPSA) is 230 Å². The first kappa shape index (κ1) is 56.0. The standard InChI is InChI=1S/C22H18B3BrN4O3.C19H15BrN4.C12H13B2BrN3O2/c1-25(33)30(24-14-32)22-21(26)18-10-15(6-7-16(18)11-28-22)12-29(23-13-31)20-8-9-27-19-5-3-2-4-17(19)20;20-18-15-9-12(5-6-13(15)11-24-19(18)21)10-23-17-7-8-22-16-4-2-1-3-14(16)17;1-14(20)18(13-7-19)12-11(15)10-4-8(5-16)2-3-9(10)6-17-12/h2-11,13-14,33H,12H2,1H3;1-9,11H,10H2,(H2,21,24)(H,22,23);2-4,6-7,20H,5,16H2,1H3. The molecule has 0 amide bonds. The predicted octanol–water partition coefficient (Wildman–Crippen LogP) is 9.01. The molecule has 5 aromatic heterocycles. The number of hydrogen-bond donors (Lipinski definition) is 5. The monoisotopic (exact) mass is 1210 g/mol. The maximum Gasteiger partial charge on any atom is 0.397 e. The van der Waals surface area contributed by atoms with Crippen molar-refractivity contribution in [3.63, 3.8) is 0 Å². The van der Waals surface area contributed by atoms with Gasteiger partial charge in [-0.1, -0.05) is 72.8 Å². The zero-order chi connectivity index (χ0) is 54.6. The number of halogens is 3. The van der Waals surface area contributed by atoms with Crippen LogP contribution in [0.4, 0.5) is 28.8 Å². The minimum Gasteiger partial charge on any atom is -0.433 e. The molecule has 0 atom stereocenters. The van der Waals surface area contributed by atoms with Crippen molar-refractivity contribution in [2.75, 3.05) is 25.3 Å². The average Bonchev–Trinajstić information content (AvgIpc) is 3.45. The molecule has 7 N–H and O–H groups in total. The van der Waals surface area contributed by atoms with E-state index < -0.39 is 14.1 Å². The maximum absolute atomic E-state index is 11.4. The Kier molecular flexibility index (Phi) is 19.1. The zero-order valence-electron chi connectivity index (χ0n) is 41.6. The van der Waals surface area contributed by atoms with Crippen LogP contribution in [0.15, 0.2) is 160 Å². The van der Waals surface area contributed by atoms with E-state index in [1.165, 1.54) is 37.3 Å². The minimum atomic E-state index is -0.933. The van der Waals surface area contributed by atoms with Gasteiger partial charge in [0.25, 0.3) is 0 Å². The van der Waals surface area contributed by atoms with Gasteiger partial charge < -0.3 is 55.5 Å². The van der Waals surface area contributed by atoms with E-state index in [-0.39, 0.29) is 0 Å². The number of hydrogen-bond acceptors (Lipinski definition) is 16. The van der Waals surface area contributed by atoms with E-state index in [1.807, 2.05) is 102 Å². The molecule has 16 nitrogen and oxygen atoms in total. The highest BCUT2D eigenvalue weighted by Gasteiger charge is 2.24. The van der Waals surface area contributed by atoms with Gasteiger partial charge in [-0.05, 0) is 121 Å². The largest absolute Gasteiger partial charge is 0.433 e. The maximum atomic E-state index is 11.4. The predicted molar refractivity (Wildman–Crippen MR) is 328 cm³/mol. The zero-order valence-corrected chi connectivity index (χ0v) is 46.3. The third-order valence-corrected chi connectivity index (χ3v) is 14.7. The van der Waals surface area contributed by atoms with Gasteiger partial charge in [0.15, 0.2) is 0 Å². The van der Waals surface area contributed by atoms with Crippen molar-refractivity contribution in [3.8, 4) is 0 Å². The van der Waals surface area contributed by atoms with Crippen molar-refractivity contribution in [1.29, 1.82) is 0 Å². The van der Waals surface area contributed by atoms with Crippen molar-refractivity contribution >= 4 is 186 Å². The van der Waals surface area contributed by atoms with Crippen LogP contribution in [0.2, 0.25) is 13.6 Å². The van der Waals surface area contributed by atoms with E-state index >= 15 is 0 Å². The average molecular weight is 1210 g/mol. The number of carbonyl (C=O) groups excluding carboxylic acids is 3. The molecule has 10 aromatic rings. The van der Waals surface area contributed by atoms with E-state index in [0.29, 0.717) is 51.9 Å². The summed E-state index contributed by atoms with van der Waals surface area (Å²) in [5.41, 5.74) is 18.5. The van der Waals surface area contributed by atoms with E-state index in [4.69, 9.17) is 11.5 Å². The molecule has 0 aliphatic heterocycles. The summed E-state index contributed by atoms with van der Waals surface area (Å²) in [6.07, 6.45) is 10.7. The number of pyridine rings is 5. The summed E-state index contributed by atoms with van der Waals surface area (Å²) >= 11 is 10.6. The molecule has 10 rings (SSSR count). The Balaban J connectivity index is 0.000000158. The SMILES string of the molecule is CB(O)N([B]C=O)c1ncc2ccc(CN([B]C=O)c3ccnc4ccccc34)cc2c1Br.CB(O)N([B]C=O)c1ncc2ccc(CN)cc2c1Br.Nc1ncc2ccc(CNc3ccnc4ccccc34)cc2c1Br. The first-order chi connectivity index (χ1) is 37.3. The van der Waals surface area contributed by atoms with Gasteiger partial charge in [-0.2, -0.15) is 0 Å². The molecule has 0 spiro atoms. The number of nitrogens with one attached hydrogen (secondary N) is 1. The number of carbonyl (C=O) groups is 3. The molecule has 3 radical (unpaired) electrons. The smallest absolute Gasteiger partial charge is 0.397 e. The van der Waals surface area contributed by atoms with Crippen molar-refractivity contribution < 1.29 is 24.4 Å². The molecular formula is C53H46B5Br3N11O5. The fraction of sp³-hybridized carbons (Fsp3) is 0.0943. The van der Waals surface area contributed by atoms with Gasteiger partial charge in [0.1, 0.15) is 36.0 Å². The highest BCUT2D eigenvalue weighted by molar-refractivity contribution is 9.11. The van der Waals surface area contributed by atoms with E-state index in [1.54, 1.807) is 38.4 Å². The summed E-state index contributed by atoms with van der Waals surface area (Å²) in [6.45, 7) is 4.74. The number of para-hydroxylation sites is 2. The Morgan fingerprint density at radius 3 is 1.62 bits per heavy atom. The Bertz CT molecular complexity index is 3750. The highest BCUT2D eigenvalue weighted by Crippen LogP contribution is 2.35. The molecule has 5 aromatic carbocycles. The number of benzene rings is 5. The van der Waals surface area contributed by atoms with Crippen LogP contribution < -0.4 is 31.0 Å². The molecule has 0 saturated heterocycles. The summed E-state index contributed by atoms with van der Waals surface area (Å²) in [4.78, 5) is 56.7. The molecule has 0 fully saturated rings. The van der Waals surface area contributed by atoms with Gasteiger partial charge in [0, 0.05) is 105 Å². The lowest BCUT2D eigenvalue weighted by atomic mass is 9.73. The van der Waals surface area contributed by atoms with Crippen LogP contribution >= 0.6 is 47.8 Å². The summed E-state index contributed by atoms with van der Waals surface area (Å²) < 4.78 is 4.99. The lowest BCUT2D eigenvalue weighted by molar-refractivity contribution is 0.566. The molecule has 77 heavy (non-hydrogen) atoms. The number of anilines is 5. The van der Waals surface area contributed by atoms with Crippen molar-refractivity contribution in [3.05, 3.63) is 176 Å². The number of fused-ring (bicyclic) bond motifs is 5. The van der Waals surface area contributed by atoms with Crippen LogP contribution in [0.5, 0.6) is 0 Å². The number of nitrogens with two attached hydrogens (primary N) is 2. The van der Waals surface area contributed by atoms with Crippen molar-refractivity contribution in [2.45, 2.75) is 33.3 Å². The van der Waals surface area contributed by atoms with Gasteiger partial charge >= 0.3 is 36.3 Å². The molecule has 0 aliphatic carbocycles. The Labute approximate surface area is 472 Å². The van der Waals surface area contributed by atoms with Crippen molar-refractivity contribution in [2.24, 2.45) is 5.73 Å². The second-order valence-electron chi connectivity index (χ2n) is 17.4. The summed E-state index contributed by atoms with van der Waals surface area (Å²) in [5.74, 6) is 1.42. The van der Waals surface area contributed by atoms with Gasteiger partial charge in [0.2, 0.25) is 0 Å². The van der Waals surface area contributed by atoms with Gasteiger partial charge in [0.05, 0.1) is 24.5 Å². The lowest BCUT2D eigenvalue weighted by Crippen LogP contribution is -2.41. The molecular weight excluding hydrogens is 1160 g/mol. The number of nitrogen functional groups attached to an aromatic ring is 1. The van der Waals surface area contributed by atoms with E-state index in [9.17, 15) is 24.4 Å². The molecule has 24 heteroatoms. The first-order valence-corrected chi connectivity index (χ1v) is 26.4. The second kappa shape index (κ2) is 26.2. The second-order valence-corrected chi connectivity index (χ2v) is 19.7. The highest BCUT2D eigenvalue weighted by atomic mass is 79.9. The Morgan fingerprint density at radius 2 is 1.05 bits per heavy atom. The van der Waals surface area contributed by atoms with Gasteiger partial charge in [-0.25, -0.2) is 15.0 Å². The number of aromatic nitrogens is 5. The van der Waals surface area contributed by atoms with Gasteiger partial charge in [-0.3, -0.25) is 9.97 Å². The fourth-order valence-electron chi connectivity index (χ4n) is 8.51. The molecule has 0 aliphatic rings. The minimum absolute atomic E-state index is 0.429. The van der Waals surface area contributed by atoms with Crippen LogP contribution in [0.25, 0.3) is 54.1 Å². The number of nitrogens with zero attached hydrogens (tertiary/aromatic N) is 8. The third kappa shape index (κ3) is 13.2. The number of rotatable bonds is 17. The lowest BCUT2D eigenvalue weighted by Gasteiger charge is -2.25. The first-order valence-electron chi connectivity index (χ1n) is 24.0. The normalized spacial score (nSPS) is 10.7. The van der Waals surface area contributed by atoms with Crippen LogP contribution in [0.3, 0.4) is 0 Å². The molecule has 0 unspecified atom stereocenters. The van der Waals surface area contributed by atoms with Gasteiger partial charge in [-0.15, -0.1) is 0 Å². The Morgan fingerprint density at radius 1 is 0.571 bits per heavy atom. The molecule has 5 heterocycles. The molecule has 0 saturated carbocycles.